The molecule has 7 atom stereocenters. The summed E-state index contributed by atoms with van der Waals surface area (Å²) in [6.45, 7) is 0.457. The normalized spacial score (nSPS) is 47.4. The van der Waals surface area contributed by atoms with Crippen LogP contribution in [0.4, 0.5) is 0 Å². The fourth-order valence-corrected chi connectivity index (χ4v) is 2.15. The molecule has 9 nitrogen and oxygen atoms in total. The van der Waals surface area contributed by atoms with Crippen molar-refractivity contribution in [3.63, 3.8) is 0 Å². The average molecular weight is 306 g/mol. The summed E-state index contributed by atoms with van der Waals surface area (Å²) in [7, 11) is 0. The van der Waals surface area contributed by atoms with Crippen molar-refractivity contribution in [2.45, 2.75) is 49.3 Å². The minimum Gasteiger partial charge on any atom is -0.458 e. The quantitative estimate of drug-likeness (QED) is 0.310. The van der Waals surface area contributed by atoms with Gasteiger partial charge in [-0.2, -0.15) is 0 Å². The molecular weight excluding hydrogens is 288 g/mol. The first-order chi connectivity index (χ1) is 9.70. The third kappa shape index (κ3) is 2.69. The lowest BCUT2D eigenvalue weighted by molar-refractivity contribution is -0.290. The highest BCUT2D eigenvalue weighted by Crippen LogP contribution is 2.30. The van der Waals surface area contributed by atoms with Crippen molar-refractivity contribution in [1.82, 2.24) is 0 Å². The van der Waals surface area contributed by atoms with Gasteiger partial charge in [-0.1, -0.05) is 0 Å². The zero-order chi connectivity index (χ0) is 15.9. The molecule has 2 rings (SSSR count). The van der Waals surface area contributed by atoms with E-state index in [1.165, 1.54) is 0 Å². The maximum atomic E-state index is 11.8. The van der Waals surface area contributed by atoms with E-state index in [4.69, 9.17) is 14.6 Å². The Hall–Kier alpha value is -1.07. The van der Waals surface area contributed by atoms with Crippen LogP contribution in [-0.2, 0) is 14.3 Å². The number of carbonyl (C=O) groups is 1. The van der Waals surface area contributed by atoms with Gasteiger partial charge in [-0.3, -0.25) is 4.79 Å². The van der Waals surface area contributed by atoms with E-state index >= 15 is 0 Å². The van der Waals surface area contributed by atoms with E-state index in [0.717, 1.165) is 13.0 Å². The Labute approximate surface area is 119 Å². The molecule has 1 fully saturated rings. The summed E-state index contributed by atoms with van der Waals surface area (Å²) in [5.74, 6) is -1.34. The van der Waals surface area contributed by atoms with Gasteiger partial charge in [-0.05, 0) is 13.0 Å². The van der Waals surface area contributed by atoms with Gasteiger partial charge < -0.3 is 40.1 Å². The second-order valence-electron chi connectivity index (χ2n) is 5.27. The van der Waals surface area contributed by atoms with Gasteiger partial charge in [0, 0.05) is 0 Å². The van der Waals surface area contributed by atoms with E-state index in [9.17, 15) is 30.3 Å². The molecule has 0 saturated carbocycles. The molecule has 0 aromatic heterocycles. The molecule has 0 radical (unpaired) electrons. The van der Waals surface area contributed by atoms with Crippen molar-refractivity contribution in [1.29, 1.82) is 0 Å². The lowest BCUT2D eigenvalue weighted by Crippen LogP contribution is -2.59. The van der Waals surface area contributed by atoms with E-state index in [1.807, 2.05) is 0 Å². The highest BCUT2D eigenvalue weighted by atomic mass is 16.7. The predicted molar refractivity (Wildman–Crippen MR) is 64.6 cm³/mol. The third-order valence-corrected chi connectivity index (χ3v) is 3.66. The molecule has 0 aromatic carbocycles. The minimum absolute atomic E-state index is 0.433. The molecule has 2 aliphatic rings. The minimum atomic E-state index is -2.05. The number of rotatable bonds is 3. The molecule has 0 spiro atoms. The van der Waals surface area contributed by atoms with Crippen LogP contribution in [0, 0.1) is 0 Å². The molecule has 120 valence electrons. The molecule has 1 aliphatic carbocycles. The zero-order valence-electron chi connectivity index (χ0n) is 11.2. The van der Waals surface area contributed by atoms with Crippen LogP contribution >= 0.6 is 0 Å². The number of hydrogen-bond donors (Lipinski definition) is 6. The van der Waals surface area contributed by atoms with E-state index < -0.39 is 60.6 Å². The Morgan fingerprint density at radius 3 is 2.33 bits per heavy atom. The van der Waals surface area contributed by atoms with Gasteiger partial charge in [0.05, 0.1) is 6.61 Å². The summed E-state index contributed by atoms with van der Waals surface area (Å²) in [6.07, 6.45) is -8.14. The molecule has 1 saturated heterocycles. The van der Waals surface area contributed by atoms with Gasteiger partial charge in [0.15, 0.2) is 11.4 Å². The number of ether oxygens (including phenoxy) is 2. The summed E-state index contributed by atoms with van der Waals surface area (Å²) >= 11 is 0. The van der Waals surface area contributed by atoms with Crippen molar-refractivity contribution in [3.05, 3.63) is 11.8 Å². The summed E-state index contributed by atoms with van der Waals surface area (Å²) < 4.78 is 10.1. The van der Waals surface area contributed by atoms with Crippen LogP contribution in [0.5, 0.6) is 0 Å². The molecule has 1 heterocycles. The van der Waals surface area contributed by atoms with Crippen LogP contribution in [0.2, 0.25) is 0 Å². The standard InChI is InChI=1S/C12H18O9/c1-12(19)6(14)2-4(10(12)18)20-11-9(17)8(16)7(15)5(3-13)21-11/h2,5-9,11,13-17,19H,3H2,1H3/t5-,6?,7+,8+,9-,11-,12?/m1/s1. The largest absolute Gasteiger partial charge is 0.458 e. The highest BCUT2D eigenvalue weighted by Gasteiger charge is 2.49. The van der Waals surface area contributed by atoms with Crippen LogP contribution < -0.4 is 0 Å². The molecule has 2 unspecified atom stereocenters. The number of hydrogen-bond acceptors (Lipinski definition) is 9. The first kappa shape index (κ1) is 16.3. The van der Waals surface area contributed by atoms with Gasteiger partial charge in [0.1, 0.15) is 30.5 Å². The van der Waals surface area contributed by atoms with Crippen LogP contribution in [0.15, 0.2) is 11.8 Å². The number of ketones is 1. The summed E-state index contributed by atoms with van der Waals surface area (Å²) in [5.41, 5.74) is -2.05. The lowest BCUT2D eigenvalue weighted by Gasteiger charge is -2.39. The van der Waals surface area contributed by atoms with Crippen molar-refractivity contribution < 1.29 is 44.9 Å². The molecule has 0 aromatic rings. The molecule has 9 heteroatoms. The fraction of sp³-hybridized carbons (Fsp3) is 0.750. The number of carbonyl (C=O) groups excluding carboxylic acids is 1. The molecular formula is C12H18O9. The second-order valence-corrected chi connectivity index (χ2v) is 5.27. The lowest BCUT2D eigenvalue weighted by atomic mass is 9.99. The van der Waals surface area contributed by atoms with Crippen LogP contribution in [-0.4, -0.2) is 85.4 Å². The molecule has 6 N–H and O–H groups in total. The van der Waals surface area contributed by atoms with Crippen molar-refractivity contribution >= 4 is 5.78 Å². The molecule has 0 bridgehead atoms. The van der Waals surface area contributed by atoms with E-state index in [0.29, 0.717) is 0 Å². The maximum absolute atomic E-state index is 11.8. The molecule has 21 heavy (non-hydrogen) atoms. The van der Waals surface area contributed by atoms with Gasteiger partial charge in [-0.15, -0.1) is 0 Å². The Kier molecular flexibility index (Phi) is 4.36. The van der Waals surface area contributed by atoms with Crippen molar-refractivity contribution in [3.8, 4) is 0 Å². The smallest absolute Gasteiger partial charge is 0.231 e. The number of Topliss-reactive ketones (excluding diaryl/α,β-unsaturated/α-hetero) is 1. The summed E-state index contributed by atoms with van der Waals surface area (Å²) in [6, 6.07) is 0. The Balaban J connectivity index is 2.13. The SMILES string of the molecule is CC1(O)C(=O)C(O[C@@H]2O[C@H](CO)[C@H](O)[C@H](O)[C@H]2O)=CC1O. The highest BCUT2D eigenvalue weighted by molar-refractivity contribution is 6.03. The van der Waals surface area contributed by atoms with Gasteiger partial charge in [-0.25, -0.2) is 0 Å². The Bertz CT molecular complexity index is 444. The number of aliphatic hydroxyl groups excluding tert-OH is 5. The van der Waals surface area contributed by atoms with Gasteiger partial charge >= 0.3 is 0 Å². The van der Waals surface area contributed by atoms with E-state index in [2.05, 4.69) is 0 Å². The predicted octanol–water partition coefficient (Wildman–Crippen LogP) is -3.62. The van der Waals surface area contributed by atoms with Crippen LogP contribution in [0.3, 0.4) is 0 Å². The first-order valence-electron chi connectivity index (χ1n) is 6.34. The van der Waals surface area contributed by atoms with Crippen molar-refractivity contribution in [2.24, 2.45) is 0 Å². The zero-order valence-corrected chi connectivity index (χ0v) is 11.2. The van der Waals surface area contributed by atoms with E-state index in [-0.39, 0.29) is 0 Å². The first-order valence-corrected chi connectivity index (χ1v) is 6.34. The molecule has 1 aliphatic heterocycles. The Morgan fingerprint density at radius 2 is 1.86 bits per heavy atom. The monoisotopic (exact) mass is 306 g/mol. The molecule has 0 amide bonds. The Morgan fingerprint density at radius 1 is 1.24 bits per heavy atom. The average Bonchev–Trinajstić information content (AvgIpc) is 2.63. The van der Waals surface area contributed by atoms with Crippen LogP contribution in [0.1, 0.15) is 6.92 Å². The third-order valence-electron chi connectivity index (χ3n) is 3.66. The second kappa shape index (κ2) is 5.61. The van der Waals surface area contributed by atoms with Crippen LogP contribution in [0.25, 0.3) is 0 Å². The summed E-state index contributed by atoms with van der Waals surface area (Å²) in [4.78, 5) is 11.8. The fourth-order valence-electron chi connectivity index (χ4n) is 2.15. The van der Waals surface area contributed by atoms with Gasteiger partial charge in [0.25, 0.3) is 0 Å². The van der Waals surface area contributed by atoms with Crippen molar-refractivity contribution in [2.75, 3.05) is 6.61 Å². The van der Waals surface area contributed by atoms with E-state index in [1.54, 1.807) is 0 Å². The summed E-state index contributed by atoms with van der Waals surface area (Å²) in [5, 5.41) is 57.2. The maximum Gasteiger partial charge on any atom is 0.231 e. The topological polar surface area (TPSA) is 157 Å². The van der Waals surface area contributed by atoms with Gasteiger partial charge in [0.2, 0.25) is 12.1 Å². The number of aliphatic hydroxyl groups is 6.